The summed E-state index contributed by atoms with van der Waals surface area (Å²) in [6.45, 7) is 0. The smallest absolute Gasteiger partial charge is 0.0788 e. The molecule has 1 aliphatic heterocycles. The highest BCUT2D eigenvalue weighted by Gasteiger charge is 2.24. The van der Waals surface area contributed by atoms with Crippen molar-refractivity contribution in [3.63, 3.8) is 0 Å². The molecule has 0 unspecified atom stereocenters. The molecule has 10 rings (SSSR count). The van der Waals surface area contributed by atoms with Crippen LogP contribution in [0.15, 0.2) is 168 Å². The highest BCUT2D eigenvalue weighted by molar-refractivity contribution is 7.99. The second-order valence-corrected chi connectivity index (χ2v) is 14.1. The van der Waals surface area contributed by atoms with Gasteiger partial charge in [-0.3, -0.25) is 0 Å². The molecule has 2 aromatic heterocycles. The number of aromatic nitrogens is 1. The third kappa shape index (κ3) is 4.22. The van der Waals surface area contributed by atoms with Gasteiger partial charge in [0.05, 0.1) is 22.6 Å². The molecule has 0 bridgehead atoms. The second-order valence-electron chi connectivity index (χ2n) is 11.9. The molecule has 3 heterocycles. The molecule has 0 saturated heterocycles. The lowest BCUT2D eigenvalue weighted by Crippen LogP contribution is -2.14. The van der Waals surface area contributed by atoms with Crippen LogP contribution in [0.3, 0.4) is 0 Å². The molecule has 1 aliphatic rings. The molecule has 0 radical (unpaired) electrons. The van der Waals surface area contributed by atoms with Gasteiger partial charge in [-0.25, -0.2) is 4.98 Å². The molecule has 0 atom stereocenters. The first-order valence-corrected chi connectivity index (χ1v) is 17.4. The Kier molecular flexibility index (Phi) is 6.01. The van der Waals surface area contributed by atoms with Crippen LogP contribution in [0.5, 0.6) is 0 Å². The largest absolute Gasteiger partial charge is 0.308 e. The Morgan fingerprint density at radius 1 is 0.447 bits per heavy atom. The van der Waals surface area contributed by atoms with E-state index in [-0.39, 0.29) is 0 Å². The highest BCUT2D eigenvalue weighted by atomic mass is 32.2. The van der Waals surface area contributed by atoms with E-state index in [0.717, 1.165) is 22.5 Å². The van der Waals surface area contributed by atoms with Gasteiger partial charge in [0, 0.05) is 57.4 Å². The summed E-state index contributed by atoms with van der Waals surface area (Å²) in [6, 6.07) is 57.1. The van der Waals surface area contributed by atoms with Crippen LogP contribution in [0.1, 0.15) is 0 Å². The summed E-state index contributed by atoms with van der Waals surface area (Å²) in [5.74, 6) is 0. The molecule has 0 fully saturated rings. The first-order valence-electron chi connectivity index (χ1n) is 15.8. The Morgan fingerprint density at radius 3 is 1.89 bits per heavy atom. The van der Waals surface area contributed by atoms with Crippen LogP contribution in [0, 0.1) is 0 Å². The lowest BCUT2D eigenvalue weighted by molar-refractivity contribution is 1.17. The molecule has 0 amide bonds. The average molecular weight is 635 g/mol. The van der Waals surface area contributed by atoms with E-state index in [1.807, 2.05) is 23.1 Å². The maximum Gasteiger partial charge on any atom is 0.0788 e. The van der Waals surface area contributed by atoms with Crippen LogP contribution in [0.2, 0.25) is 0 Å². The molecular formula is C43H26N2S2. The number of pyridine rings is 1. The van der Waals surface area contributed by atoms with Crippen molar-refractivity contribution in [1.82, 2.24) is 4.98 Å². The lowest BCUT2D eigenvalue weighted by atomic mass is 9.95. The van der Waals surface area contributed by atoms with Crippen molar-refractivity contribution in [2.75, 3.05) is 4.90 Å². The van der Waals surface area contributed by atoms with Gasteiger partial charge >= 0.3 is 0 Å². The van der Waals surface area contributed by atoms with Crippen molar-refractivity contribution in [1.29, 1.82) is 0 Å². The number of nitrogens with zero attached hydrogens (tertiary/aromatic N) is 2. The summed E-state index contributed by atoms with van der Waals surface area (Å²) >= 11 is 3.71. The van der Waals surface area contributed by atoms with Crippen molar-refractivity contribution in [2.45, 2.75) is 9.79 Å². The summed E-state index contributed by atoms with van der Waals surface area (Å²) in [5.41, 5.74) is 9.23. The van der Waals surface area contributed by atoms with Crippen LogP contribution < -0.4 is 4.90 Å². The van der Waals surface area contributed by atoms with Gasteiger partial charge in [-0.2, -0.15) is 0 Å². The van der Waals surface area contributed by atoms with Crippen molar-refractivity contribution in [3.05, 3.63) is 158 Å². The van der Waals surface area contributed by atoms with Crippen molar-refractivity contribution >= 4 is 82.0 Å². The molecule has 0 spiro atoms. The SMILES string of the molecule is c1ccc(-c2nc3ccccc3c3c2ccc2sc4ccc(-c5ccc(N6c7ccccc7Sc7ccccc76)cc5)cc4c23)cc1. The van der Waals surface area contributed by atoms with Crippen LogP contribution in [-0.2, 0) is 0 Å². The second kappa shape index (κ2) is 10.6. The van der Waals surface area contributed by atoms with E-state index in [2.05, 4.69) is 163 Å². The summed E-state index contributed by atoms with van der Waals surface area (Å²) in [4.78, 5) is 10.1. The fourth-order valence-corrected chi connectivity index (χ4v) is 9.24. The van der Waals surface area contributed by atoms with Gasteiger partial charge in [0.1, 0.15) is 0 Å². The molecule has 7 aromatic carbocycles. The number of anilines is 3. The van der Waals surface area contributed by atoms with E-state index < -0.39 is 0 Å². The predicted molar refractivity (Wildman–Crippen MR) is 202 cm³/mol. The Bertz CT molecular complexity index is 2610. The van der Waals surface area contributed by atoms with Crippen molar-refractivity contribution in [3.8, 4) is 22.4 Å². The van der Waals surface area contributed by atoms with Gasteiger partial charge in [0.15, 0.2) is 0 Å². The monoisotopic (exact) mass is 634 g/mol. The minimum absolute atomic E-state index is 1.02. The number of fused-ring (bicyclic) bond motifs is 9. The zero-order valence-electron chi connectivity index (χ0n) is 25.2. The van der Waals surface area contributed by atoms with Crippen LogP contribution in [0.25, 0.3) is 64.2 Å². The van der Waals surface area contributed by atoms with E-state index in [1.165, 1.54) is 68.6 Å². The lowest BCUT2D eigenvalue weighted by Gasteiger charge is -2.32. The minimum atomic E-state index is 1.02. The molecule has 0 saturated carbocycles. The van der Waals surface area contributed by atoms with E-state index in [4.69, 9.17) is 4.98 Å². The number of benzene rings is 7. The van der Waals surface area contributed by atoms with Gasteiger partial charge in [0.2, 0.25) is 0 Å². The summed E-state index contributed by atoms with van der Waals surface area (Å²) in [6.07, 6.45) is 0. The number of hydrogen-bond acceptors (Lipinski definition) is 4. The maximum atomic E-state index is 5.18. The van der Waals surface area contributed by atoms with Crippen molar-refractivity contribution in [2.24, 2.45) is 0 Å². The molecule has 9 aromatic rings. The van der Waals surface area contributed by atoms with Gasteiger partial charge in [-0.05, 0) is 71.8 Å². The number of rotatable bonds is 3. The van der Waals surface area contributed by atoms with Crippen molar-refractivity contribution < 1.29 is 0 Å². The van der Waals surface area contributed by atoms with Gasteiger partial charge in [-0.15, -0.1) is 11.3 Å². The molecule has 0 N–H and O–H groups in total. The molecule has 220 valence electrons. The zero-order valence-corrected chi connectivity index (χ0v) is 26.9. The third-order valence-corrected chi connectivity index (χ3v) is 11.5. The quantitative estimate of drug-likeness (QED) is 0.180. The van der Waals surface area contributed by atoms with Crippen LogP contribution in [0.4, 0.5) is 17.1 Å². The topological polar surface area (TPSA) is 16.1 Å². The Labute approximate surface area is 280 Å². The van der Waals surface area contributed by atoms with Gasteiger partial charge < -0.3 is 4.90 Å². The predicted octanol–water partition coefficient (Wildman–Crippen LogP) is 13.0. The Hall–Kier alpha value is -5.42. The summed E-state index contributed by atoms with van der Waals surface area (Å²) < 4.78 is 2.60. The molecule has 4 heteroatoms. The molecular weight excluding hydrogens is 609 g/mol. The first kappa shape index (κ1) is 26.8. The number of thiophene rings is 1. The molecule has 47 heavy (non-hydrogen) atoms. The third-order valence-electron chi connectivity index (χ3n) is 9.23. The van der Waals surface area contributed by atoms with Crippen LogP contribution >= 0.6 is 23.1 Å². The molecule has 0 aliphatic carbocycles. The summed E-state index contributed by atoms with van der Waals surface area (Å²) in [7, 11) is 0. The van der Waals surface area contributed by atoms with E-state index in [1.54, 1.807) is 0 Å². The van der Waals surface area contributed by atoms with Gasteiger partial charge in [0.25, 0.3) is 0 Å². The summed E-state index contributed by atoms with van der Waals surface area (Å²) in [5, 5.41) is 6.28. The fourth-order valence-electron chi connectivity index (χ4n) is 7.09. The van der Waals surface area contributed by atoms with Gasteiger partial charge in [-0.1, -0.05) is 109 Å². The fraction of sp³-hybridized carbons (Fsp3) is 0. The average Bonchev–Trinajstić information content (AvgIpc) is 3.52. The highest BCUT2D eigenvalue weighted by Crippen LogP contribution is 2.51. The molecule has 2 nitrogen and oxygen atoms in total. The standard InChI is InChI=1S/C43H26N2S2/c1-2-10-28(11-3-1)43-32-23-25-40-42(41(32)31-12-4-5-13-34(31)44-43)33-26-29(20-24-37(33)46-40)27-18-21-30(22-19-27)45-35-14-6-8-16-38(35)47-39-17-9-7-15-36(39)45/h1-26H. The van der Waals surface area contributed by atoms with E-state index >= 15 is 0 Å². The first-order chi connectivity index (χ1) is 23.3. The Morgan fingerprint density at radius 2 is 1.11 bits per heavy atom. The number of para-hydroxylation sites is 3. The maximum absolute atomic E-state index is 5.18. The number of hydrogen-bond donors (Lipinski definition) is 0. The van der Waals surface area contributed by atoms with E-state index in [9.17, 15) is 0 Å². The van der Waals surface area contributed by atoms with E-state index in [0.29, 0.717) is 0 Å². The van der Waals surface area contributed by atoms with Crippen LogP contribution in [-0.4, -0.2) is 4.98 Å². The normalized spacial score (nSPS) is 12.6. The Balaban J connectivity index is 1.14. The minimum Gasteiger partial charge on any atom is -0.308 e. The zero-order chi connectivity index (χ0) is 30.9.